The van der Waals surface area contributed by atoms with E-state index in [-0.39, 0.29) is 5.91 Å². The van der Waals surface area contributed by atoms with Crippen LogP contribution in [-0.2, 0) is 33.3 Å². The fourth-order valence-corrected chi connectivity index (χ4v) is 3.65. The molecule has 2 heterocycles. The van der Waals surface area contributed by atoms with Crippen LogP contribution >= 0.6 is 0 Å². The first-order valence-electron chi connectivity index (χ1n) is 9.00. The zero-order valence-electron chi connectivity index (χ0n) is 16.5. The van der Waals surface area contributed by atoms with E-state index in [1.54, 1.807) is 13.8 Å². The first kappa shape index (κ1) is 22.9. The minimum absolute atomic E-state index is 0.355. The van der Waals surface area contributed by atoms with E-state index in [1.807, 2.05) is 0 Å². The van der Waals surface area contributed by atoms with Gasteiger partial charge in [0, 0.05) is 21.1 Å². The number of methoxy groups -OCH3 is 2. The Morgan fingerprint density at radius 3 is 2.04 bits per heavy atom. The van der Waals surface area contributed by atoms with Crippen molar-refractivity contribution in [3.8, 4) is 0 Å². The highest BCUT2D eigenvalue weighted by molar-refractivity contribution is 5.73. The summed E-state index contributed by atoms with van der Waals surface area (Å²) in [5, 5.41) is 33.1. The van der Waals surface area contributed by atoms with Crippen molar-refractivity contribution in [3.05, 3.63) is 0 Å². The van der Waals surface area contributed by atoms with Gasteiger partial charge in [-0.1, -0.05) is 0 Å². The molecular weight excluding hydrogens is 378 g/mol. The van der Waals surface area contributed by atoms with Crippen LogP contribution in [0.5, 0.6) is 0 Å². The number of aliphatic hydroxyl groups excluding tert-OH is 2. The number of carboxylic acids is 1. The molecule has 2 saturated heterocycles. The smallest absolute Gasteiger partial charge is 0.335 e. The van der Waals surface area contributed by atoms with Crippen molar-refractivity contribution < 1.29 is 48.6 Å². The minimum Gasteiger partial charge on any atom is -0.479 e. The van der Waals surface area contributed by atoms with Gasteiger partial charge in [-0.15, -0.1) is 0 Å². The minimum atomic E-state index is -1.51. The summed E-state index contributed by atoms with van der Waals surface area (Å²) in [5.74, 6) is -1.70. The fourth-order valence-electron chi connectivity index (χ4n) is 3.65. The lowest BCUT2D eigenvalue weighted by Gasteiger charge is -2.47. The van der Waals surface area contributed by atoms with Gasteiger partial charge >= 0.3 is 5.97 Å². The van der Waals surface area contributed by atoms with E-state index in [1.165, 1.54) is 21.1 Å². The summed E-state index contributed by atoms with van der Waals surface area (Å²) < 4.78 is 27.3. The van der Waals surface area contributed by atoms with Gasteiger partial charge in [-0.2, -0.15) is 0 Å². The molecule has 0 bridgehead atoms. The van der Waals surface area contributed by atoms with Crippen LogP contribution in [0.1, 0.15) is 20.8 Å². The molecule has 1 amide bonds. The van der Waals surface area contributed by atoms with Crippen LogP contribution in [0.25, 0.3) is 0 Å². The summed E-state index contributed by atoms with van der Waals surface area (Å²) in [6, 6.07) is -0.731. The lowest BCUT2D eigenvalue weighted by molar-refractivity contribution is -0.329. The van der Waals surface area contributed by atoms with Gasteiger partial charge in [-0.25, -0.2) is 4.79 Å². The van der Waals surface area contributed by atoms with Crippen molar-refractivity contribution in [1.82, 2.24) is 5.32 Å². The molecule has 11 nitrogen and oxygen atoms in total. The number of amides is 1. The number of carboxylic acid groups (broad SMARTS) is 1. The van der Waals surface area contributed by atoms with Gasteiger partial charge in [0.1, 0.15) is 30.5 Å². The molecule has 0 aromatic rings. The van der Waals surface area contributed by atoms with Crippen LogP contribution < -0.4 is 5.32 Å². The number of rotatable bonds is 6. The molecule has 10 atom stereocenters. The Morgan fingerprint density at radius 1 is 0.929 bits per heavy atom. The van der Waals surface area contributed by atoms with E-state index in [2.05, 4.69) is 5.32 Å². The maximum absolute atomic E-state index is 11.6. The van der Waals surface area contributed by atoms with Crippen molar-refractivity contribution in [2.45, 2.75) is 81.9 Å². The Kier molecular flexibility index (Phi) is 7.73. The number of carbonyl (C=O) groups excluding carboxylic acids is 1. The van der Waals surface area contributed by atoms with Crippen molar-refractivity contribution in [1.29, 1.82) is 0 Å². The second-order valence-corrected chi connectivity index (χ2v) is 7.02. The van der Waals surface area contributed by atoms with Gasteiger partial charge in [0.25, 0.3) is 0 Å². The highest BCUT2D eigenvalue weighted by Crippen LogP contribution is 2.31. The zero-order chi connectivity index (χ0) is 21.2. The van der Waals surface area contributed by atoms with Crippen molar-refractivity contribution in [3.63, 3.8) is 0 Å². The Balaban J connectivity index is 2.29. The zero-order valence-corrected chi connectivity index (χ0v) is 16.5. The molecule has 0 spiro atoms. The molecule has 2 rings (SSSR count). The monoisotopic (exact) mass is 407 g/mol. The Hall–Kier alpha value is -1.34. The summed E-state index contributed by atoms with van der Waals surface area (Å²) >= 11 is 0. The summed E-state index contributed by atoms with van der Waals surface area (Å²) in [6.07, 6.45) is -9.71. The quantitative estimate of drug-likeness (QED) is 0.398. The van der Waals surface area contributed by atoms with E-state index in [9.17, 15) is 24.9 Å². The second-order valence-electron chi connectivity index (χ2n) is 7.02. The normalized spacial score (nSPS) is 44.1. The average molecular weight is 407 g/mol. The number of ether oxygens (including phenoxy) is 5. The third-order valence-corrected chi connectivity index (χ3v) is 5.08. The molecule has 162 valence electrons. The van der Waals surface area contributed by atoms with E-state index in [0.717, 1.165) is 0 Å². The number of hydrogen-bond donors (Lipinski definition) is 4. The van der Waals surface area contributed by atoms with Crippen LogP contribution in [0.2, 0.25) is 0 Å². The summed E-state index contributed by atoms with van der Waals surface area (Å²) in [4.78, 5) is 23.1. The number of aliphatic hydroxyl groups is 2. The molecule has 0 saturated carbocycles. The van der Waals surface area contributed by atoms with Crippen LogP contribution in [-0.4, -0.2) is 103 Å². The lowest BCUT2D eigenvalue weighted by Crippen LogP contribution is -2.67. The highest BCUT2D eigenvalue weighted by atomic mass is 16.7. The number of aliphatic carboxylic acids is 1. The summed E-state index contributed by atoms with van der Waals surface area (Å²) in [6.45, 7) is 4.67. The van der Waals surface area contributed by atoms with Crippen molar-refractivity contribution >= 4 is 11.9 Å². The van der Waals surface area contributed by atoms with E-state index < -0.39 is 67.1 Å². The van der Waals surface area contributed by atoms with Gasteiger partial charge in [0.05, 0.1) is 18.2 Å². The summed E-state index contributed by atoms with van der Waals surface area (Å²) in [5.41, 5.74) is 0. The van der Waals surface area contributed by atoms with Gasteiger partial charge < -0.3 is 44.3 Å². The molecule has 0 aromatic heterocycles. The fraction of sp³-hybridized carbons (Fsp3) is 0.882. The van der Waals surface area contributed by atoms with Gasteiger partial charge in [-0.3, -0.25) is 4.79 Å². The van der Waals surface area contributed by atoms with Gasteiger partial charge in [0.15, 0.2) is 12.4 Å². The number of hydrogen-bond acceptors (Lipinski definition) is 9. The number of nitrogens with one attached hydrogen (secondary N) is 1. The van der Waals surface area contributed by atoms with E-state index >= 15 is 0 Å². The molecule has 0 radical (unpaired) electrons. The van der Waals surface area contributed by atoms with Crippen LogP contribution in [0.15, 0.2) is 0 Å². The standard InChI is InChI=1S/C17H29NO10/c1-6-9(18-8(3)19)12(10(20)7(2)26-6)27-17-14(25-5)11(21)13(24-4)15(28-17)16(22)23/h6-7,9-15,17,20-21H,1-5H3,(H,18,19)(H,22,23). The molecule has 0 aliphatic carbocycles. The Morgan fingerprint density at radius 2 is 1.54 bits per heavy atom. The van der Waals surface area contributed by atoms with E-state index in [0.29, 0.717) is 0 Å². The molecular formula is C17H29NO10. The molecule has 4 N–H and O–H groups in total. The largest absolute Gasteiger partial charge is 0.479 e. The molecule has 2 fully saturated rings. The molecule has 10 unspecified atom stereocenters. The van der Waals surface area contributed by atoms with Crippen LogP contribution in [0.3, 0.4) is 0 Å². The lowest BCUT2D eigenvalue weighted by atomic mass is 9.93. The van der Waals surface area contributed by atoms with Crippen molar-refractivity contribution in [2.24, 2.45) is 0 Å². The van der Waals surface area contributed by atoms with E-state index in [4.69, 9.17) is 23.7 Å². The SMILES string of the molecule is COC1C(OC2C(O)C(C)OC(C)C2NC(C)=O)OC(C(=O)O)C(OC)C1O. The molecule has 0 aromatic carbocycles. The first-order valence-corrected chi connectivity index (χ1v) is 9.00. The number of carbonyl (C=O) groups is 2. The van der Waals surface area contributed by atoms with Gasteiger partial charge in [-0.05, 0) is 13.8 Å². The van der Waals surface area contributed by atoms with Gasteiger partial charge in [0.2, 0.25) is 5.91 Å². The molecule has 2 aliphatic rings. The Labute approximate surface area is 162 Å². The predicted molar refractivity (Wildman–Crippen MR) is 92.4 cm³/mol. The molecule has 28 heavy (non-hydrogen) atoms. The topological polar surface area (TPSA) is 153 Å². The van der Waals surface area contributed by atoms with Crippen LogP contribution in [0, 0.1) is 0 Å². The maximum atomic E-state index is 11.6. The maximum Gasteiger partial charge on any atom is 0.335 e. The average Bonchev–Trinajstić information content (AvgIpc) is 2.61. The highest BCUT2D eigenvalue weighted by Gasteiger charge is 2.52. The second kappa shape index (κ2) is 9.44. The third kappa shape index (κ3) is 4.62. The van der Waals surface area contributed by atoms with Crippen LogP contribution in [0.4, 0.5) is 0 Å². The summed E-state index contributed by atoms with van der Waals surface area (Å²) in [7, 11) is 2.55. The molecule has 2 aliphatic heterocycles. The third-order valence-electron chi connectivity index (χ3n) is 5.08. The first-order chi connectivity index (χ1) is 13.1. The predicted octanol–water partition coefficient (Wildman–Crippen LogP) is -1.76. The van der Waals surface area contributed by atoms with Crippen molar-refractivity contribution in [2.75, 3.05) is 14.2 Å². The molecule has 11 heteroatoms. The Bertz CT molecular complexity index is 560.